The molecule has 0 atom stereocenters. The lowest BCUT2D eigenvalue weighted by Gasteiger charge is -2.18. The number of carbonyl (C=O) groups excluding carboxylic acids is 2. The highest BCUT2D eigenvalue weighted by Crippen LogP contribution is 2.10. The Balaban J connectivity index is 2.82. The lowest BCUT2D eigenvalue weighted by atomic mass is 10.2. The first-order chi connectivity index (χ1) is 7.70. The SMILES string of the molecule is CC(C)(C)OC(=O)n1cnc(C(=O)C(F)F)c1. The molecule has 17 heavy (non-hydrogen) atoms. The summed E-state index contributed by atoms with van der Waals surface area (Å²) in [4.78, 5) is 25.8. The number of alkyl halides is 2. The summed E-state index contributed by atoms with van der Waals surface area (Å²) in [6, 6.07) is 0. The topological polar surface area (TPSA) is 61.2 Å². The minimum absolute atomic E-state index is 0.467. The van der Waals surface area contributed by atoms with Crippen LogP contribution in [0.15, 0.2) is 12.5 Å². The second-order valence-electron chi connectivity index (χ2n) is 4.31. The molecule has 0 radical (unpaired) electrons. The maximum absolute atomic E-state index is 12.1. The Bertz CT molecular complexity index is 435. The average molecular weight is 246 g/mol. The Hall–Kier alpha value is -1.79. The highest BCUT2D eigenvalue weighted by Gasteiger charge is 2.23. The molecule has 0 saturated carbocycles. The van der Waals surface area contributed by atoms with E-state index in [1.807, 2.05) is 0 Å². The number of hydrogen-bond acceptors (Lipinski definition) is 4. The third-order valence-electron chi connectivity index (χ3n) is 1.64. The number of halogens is 2. The van der Waals surface area contributed by atoms with Crippen molar-refractivity contribution in [1.82, 2.24) is 9.55 Å². The molecule has 0 amide bonds. The molecule has 0 fully saturated rings. The van der Waals surface area contributed by atoms with Gasteiger partial charge in [0.1, 0.15) is 17.6 Å². The van der Waals surface area contributed by atoms with Gasteiger partial charge in [-0.3, -0.25) is 4.79 Å². The van der Waals surface area contributed by atoms with Gasteiger partial charge in [-0.25, -0.2) is 23.1 Å². The monoisotopic (exact) mass is 246 g/mol. The third kappa shape index (κ3) is 3.61. The second kappa shape index (κ2) is 4.60. The van der Waals surface area contributed by atoms with E-state index in [1.54, 1.807) is 20.8 Å². The fourth-order valence-corrected chi connectivity index (χ4v) is 0.976. The van der Waals surface area contributed by atoms with Gasteiger partial charge in [-0.2, -0.15) is 0 Å². The molecule has 1 aromatic heterocycles. The van der Waals surface area contributed by atoms with Gasteiger partial charge in [0.05, 0.1) is 0 Å². The lowest BCUT2D eigenvalue weighted by Crippen LogP contribution is -2.26. The Morgan fingerprint density at radius 3 is 2.47 bits per heavy atom. The number of imidazole rings is 1. The Kier molecular flexibility index (Phi) is 3.59. The highest BCUT2D eigenvalue weighted by atomic mass is 19.3. The van der Waals surface area contributed by atoms with Crippen LogP contribution in [0.4, 0.5) is 13.6 Å². The van der Waals surface area contributed by atoms with E-state index >= 15 is 0 Å². The first-order valence-corrected chi connectivity index (χ1v) is 4.80. The van der Waals surface area contributed by atoms with Crippen molar-refractivity contribution in [3.05, 3.63) is 18.2 Å². The third-order valence-corrected chi connectivity index (χ3v) is 1.64. The summed E-state index contributed by atoms with van der Waals surface area (Å²) in [6.45, 7) is 4.98. The van der Waals surface area contributed by atoms with Crippen molar-refractivity contribution in [3.63, 3.8) is 0 Å². The predicted octanol–water partition coefficient (Wildman–Crippen LogP) is 2.11. The summed E-state index contributed by atoms with van der Waals surface area (Å²) in [6.07, 6.45) is -2.04. The molecule has 94 valence electrons. The van der Waals surface area contributed by atoms with Gasteiger partial charge in [-0.15, -0.1) is 0 Å². The number of ether oxygens (including phenoxy) is 1. The fraction of sp³-hybridized carbons (Fsp3) is 0.500. The van der Waals surface area contributed by atoms with Crippen molar-refractivity contribution in [3.8, 4) is 0 Å². The van der Waals surface area contributed by atoms with Crippen molar-refractivity contribution in [2.24, 2.45) is 0 Å². The van der Waals surface area contributed by atoms with Crippen molar-refractivity contribution >= 4 is 11.9 Å². The largest absolute Gasteiger partial charge is 0.443 e. The minimum Gasteiger partial charge on any atom is -0.443 e. The Morgan fingerprint density at radius 1 is 1.41 bits per heavy atom. The summed E-state index contributed by atoms with van der Waals surface area (Å²) >= 11 is 0. The maximum atomic E-state index is 12.1. The summed E-state index contributed by atoms with van der Waals surface area (Å²) in [5.74, 6) is -1.42. The van der Waals surface area contributed by atoms with E-state index in [4.69, 9.17) is 4.74 Å². The zero-order valence-electron chi connectivity index (χ0n) is 9.61. The van der Waals surface area contributed by atoms with Crippen LogP contribution in [-0.4, -0.2) is 33.5 Å². The summed E-state index contributed by atoms with van der Waals surface area (Å²) in [5, 5.41) is 0. The highest BCUT2D eigenvalue weighted by molar-refractivity contribution is 5.96. The van der Waals surface area contributed by atoms with Crippen molar-refractivity contribution in [1.29, 1.82) is 0 Å². The maximum Gasteiger partial charge on any atom is 0.419 e. The molecular weight excluding hydrogens is 234 g/mol. The average Bonchev–Trinajstić information content (AvgIpc) is 2.62. The first-order valence-electron chi connectivity index (χ1n) is 4.80. The van der Waals surface area contributed by atoms with Crippen LogP contribution in [0.25, 0.3) is 0 Å². The van der Waals surface area contributed by atoms with Crippen molar-refractivity contribution in [2.45, 2.75) is 32.8 Å². The van der Waals surface area contributed by atoms with Crippen LogP contribution in [0.3, 0.4) is 0 Å². The number of nitrogens with zero attached hydrogens (tertiary/aromatic N) is 2. The Labute approximate surface area is 96.4 Å². The molecule has 1 heterocycles. The van der Waals surface area contributed by atoms with Gasteiger partial charge in [-0.1, -0.05) is 0 Å². The van der Waals surface area contributed by atoms with Gasteiger partial charge < -0.3 is 4.74 Å². The van der Waals surface area contributed by atoms with E-state index in [0.29, 0.717) is 0 Å². The zero-order valence-corrected chi connectivity index (χ0v) is 9.61. The molecule has 7 heteroatoms. The quantitative estimate of drug-likeness (QED) is 0.750. The van der Waals surface area contributed by atoms with Gasteiger partial charge in [0.15, 0.2) is 0 Å². The smallest absolute Gasteiger partial charge is 0.419 e. The normalized spacial score (nSPS) is 11.6. The molecule has 0 spiro atoms. The van der Waals surface area contributed by atoms with E-state index in [9.17, 15) is 18.4 Å². The van der Waals surface area contributed by atoms with Crippen LogP contribution in [0.1, 0.15) is 31.3 Å². The van der Waals surface area contributed by atoms with E-state index in [2.05, 4.69) is 4.98 Å². The molecule has 1 rings (SSSR count). The van der Waals surface area contributed by atoms with Crippen LogP contribution in [0, 0.1) is 0 Å². The van der Waals surface area contributed by atoms with Crippen LogP contribution >= 0.6 is 0 Å². The molecule has 0 aliphatic heterocycles. The number of Topliss-reactive ketones (excluding diaryl/α,β-unsaturated/α-hetero) is 1. The molecule has 0 bridgehead atoms. The molecule has 1 aromatic rings. The summed E-state index contributed by atoms with van der Waals surface area (Å²) < 4.78 is 30.0. The van der Waals surface area contributed by atoms with Crippen LogP contribution in [0.5, 0.6) is 0 Å². The van der Waals surface area contributed by atoms with Crippen LogP contribution in [-0.2, 0) is 4.74 Å². The number of ketones is 1. The standard InChI is InChI=1S/C10H12F2N2O3/c1-10(2,3)17-9(16)14-4-6(13-5-14)7(15)8(11)12/h4-5,8H,1-3H3. The Morgan fingerprint density at radius 2 is 2.00 bits per heavy atom. The number of carbonyl (C=O) groups is 2. The summed E-state index contributed by atoms with van der Waals surface area (Å²) in [7, 11) is 0. The molecule has 0 aliphatic rings. The van der Waals surface area contributed by atoms with Gasteiger partial charge in [0.25, 0.3) is 0 Å². The number of rotatable bonds is 2. The molecule has 0 aromatic carbocycles. The van der Waals surface area contributed by atoms with Crippen LogP contribution < -0.4 is 0 Å². The first kappa shape index (κ1) is 13.3. The molecule has 0 aliphatic carbocycles. The van der Waals surface area contributed by atoms with Gasteiger partial charge in [0, 0.05) is 6.20 Å². The summed E-state index contributed by atoms with van der Waals surface area (Å²) in [5.41, 5.74) is -1.18. The number of aromatic nitrogens is 2. The van der Waals surface area contributed by atoms with Crippen molar-refractivity contribution in [2.75, 3.05) is 0 Å². The molecular formula is C10H12F2N2O3. The molecule has 0 saturated heterocycles. The molecule has 0 N–H and O–H groups in total. The lowest BCUT2D eigenvalue weighted by molar-refractivity contribution is 0.0536. The van der Waals surface area contributed by atoms with E-state index < -0.39 is 29.6 Å². The van der Waals surface area contributed by atoms with Crippen molar-refractivity contribution < 1.29 is 23.1 Å². The minimum atomic E-state index is -3.14. The van der Waals surface area contributed by atoms with E-state index in [-0.39, 0.29) is 0 Å². The van der Waals surface area contributed by atoms with Gasteiger partial charge >= 0.3 is 12.5 Å². The fourth-order valence-electron chi connectivity index (χ4n) is 0.976. The van der Waals surface area contributed by atoms with E-state index in [0.717, 1.165) is 17.1 Å². The van der Waals surface area contributed by atoms with Gasteiger partial charge in [-0.05, 0) is 20.8 Å². The molecule has 0 unspecified atom stereocenters. The second-order valence-corrected chi connectivity index (χ2v) is 4.31. The van der Waals surface area contributed by atoms with Crippen LogP contribution in [0.2, 0.25) is 0 Å². The van der Waals surface area contributed by atoms with Gasteiger partial charge in [0.2, 0.25) is 5.78 Å². The number of hydrogen-bond donors (Lipinski definition) is 0. The zero-order chi connectivity index (χ0) is 13.2. The van der Waals surface area contributed by atoms with E-state index in [1.165, 1.54) is 0 Å². The molecule has 5 nitrogen and oxygen atoms in total. The predicted molar refractivity (Wildman–Crippen MR) is 54.2 cm³/mol.